The standard InChI is InChI=1S/C6H16N2/c1-6(8-3)4-5-7-2/h6-8H,4-5H2,1-3H3/t6-/m0/s1. The lowest BCUT2D eigenvalue weighted by Crippen LogP contribution is -2.25. The number of nitrogens with one attached hydrogen (secondary N) is 2. The Balaban J connectivity index is 2.86. The molecule has 2 heteroatoms. The van der Waals surface area contributed by atoms with E-state index in [2.05, 4.69) is 17.6 Å². The molecule has 0 rings (SSSR count). The molecule has 1 atom stereocenters. The molecule has 0 aromatic carbocycles. The zero-order valence-corrected chi connectivity index (χ0v) is 5.99. The van der Waals surface area contributed by atoms with Gasteiger partial charge in [-0.25, -0.2) is 0 Å². The van der Waals surface area contributed by atoms with Crippen molar-refractivity contribution in [2.24, 2.45) is 0 Å². The van der Waals surface area contributed by atoms with Crippen molar-refractivity contribution in [2.45, 2.75) is 19.4 Å². The number of rotatable bonds is 4. The van der Waals surface area contributed by atoms with Gasteiger partial charge in [0.25, 0.3) is 0 Å². The van der Waals surface area contributed by atoms with Crippen molar-refractivity contribution in [3.63, 3.8) is 0 Å². The molecule has 0 unspecified atom stereocenters. The van der Waals surface area contributed by atoms with Crippen LogP contribution in [0.2, 0.25) is 0 Å². The van der Waals surface area contributed by atoms with E-state index in [1.165, 1.54) is 6.42 Å². The SMILES string of the molecule is CNCC[C@H](C)NC. The summed E-state index contributed by atoms with van der Waals surface area (Å²) in [5, 5.41) is 6.25. The molecule has 8 heavy (non-hydrogen) atoms. The van der Waals surface area contributed by atoms with Gasteiger partial charge < -0.3 is 10.6 Å². The average Bonchev–Trinajstić information content (AvgIpc) is 1.83. The quantitative estimate of drug-likeness (QED) is 0.548. The van der Waals surface area contributed by atoms with E-state index >= 15 is 0 Å². The van der Waals surface area contributed by atoms with Gasteiger partial charge in [0, 0.05) is 6.04 Å². The third-order valence-electron chi connectivity index (χ3n) is 1.32. The second-order valence-electron chi connectivity index (χ2n) is 2.08. The first-order chi connectivity index (χ1) is 3.81. The molecule has 0 aliphatic carbocycles. The lowest BCUT2D eigenvalue weighted by atomic mass is 10.2. The molecule has 2 N–H and O–H groups in total. The molecular weight excluding hydrogens is 100 g/mol. The minimum atomic E-state index is 0.641. The molecule has 0 aromatic rings. The number of hydrogen-bond acceptors (Lipinski definition) is 2. The van der Waals surface area contributed by atoms with Crippen molar-refractivity contribution in [3.05, 3.63) is 0 Å². The monoisotopic (exact) mass is 116 g/mol. The van der Waals surface area contributed by atoms with E-state index in [-0.39, 0.29) is 0 Å². The van der Waals surface area contributed by atoms with Crippen LogP contribution in [0, 0.1) is 0 Å². The van der Waals surface area contributed by atoms with Gasteiger partial charge in [0.05, 0.1) is 0 Å². The van der Waals surface area contributed by atoms with Crippen LogP contribution in [0.4, 0.5) is 0 Å². The minimum absolute atomic E-state index is 0.641. The normalized spacial score (nSPS) is 13.9. The fraction of sp³-hybridized carbons (Fsp3) is 1.00. The molecule has 0 spiro atoms. The van der Waals surface area contributed by atoms with Crippen LogP contribution in [-0.4, -0.2) is 26.7 Å². The zero-order chi connectivity index (χ0) is 6.41. The number of hydrogen-bond donors (Lipinski definition) is 2. The predicted octanol–water partition coefficient (Wildman–Crippen LogP) is 0.204. The minimum Gasteiger partial charge on any atom is -0.320 e. The van der Waals surface area contributed by atoms with Gasteiger partial charge in [0.1, 0.15) is 0 Å². The Morgan fingerprint density at radius 1 is 1.38 bits per heavy atom. The molecular formula is C6H16N2. The molecule has 0 aliphatic rings. The van der Waals surface area contributed by atoms with E-state index in [0.29, 0.717) is 6.04 Å². The van der Waals surface area contributed by atoms with Gasteiger partial charge in [-0.3, -0.25) is 0 Å². The molecule has 0 heterocycles. The highest BCUT2D eigenvalue weighted by Crippen LogP contribution is 1.84. The summed E-state index contributed by atoms with van der Waals surface area (Å²) in [4.78, 5) is 0. The van der Waals surface area contributed by atoms with Crippen LogP contribution >= 0.6 is 0 Å². The topological polar surface area (TPSA) is 24.1 Å². The third kappa shape index (κ3) is 4.09. The molecule has 50 valence electrons. The lowest BCUT2D eigenvalue weighted by molar-refractivity contribution is 0.548. The maximum Gasteiger partial charge on any atom is 0.00478 e. The largest absolute Gasteiger partial charge is 0.320 e. The van der Waals surface area contributed by atoms with Crippen LogP contribution in [0.25, 0.3) is 0 Å². The molecule has 2 nitrogen and oxygen atoms in total. The van der Waals surface area contributed by atoms with Gasteiger partial charge in [-0.1, -0.05) is 0 Å². The molecule has 0 aliphatic heterocycles. The Bertz CT molecular complexity index is 45.8. The van der Waals surface area contributed by atoms with Crippen LogP contribution in [-0.2, 0) is 0 Å². The van der Waals surface area contributed by atoms with Crippen molar-refractivity contribution in [2.75, 3.05) is 20.6 Å². The second kappa shape index (κ2) is 5.06. The summed E-state index contributed by atoms with van der Waals surface area (Å²) >= 11 is 0. The van der Waals surface area contributed by atoms with E-state index in [1.54, 1.807) is 0 Å². The Morgan fingerprint density at radius 2 is 2.00 bits per heavy atom. The molecule has 0 fully saturated rings. The summed E-state index contributed by atoms with van der Waals surface area (Å²) in [5.74, 6) is 0. The van der Waals surface area contributed by atoms with Crippen LogP contribution < -0.4 is 10.6 Å². The Labute approximate surface area is 51.7 Å². The van der Waals surface area contributed by atoms with Gasteiger partial charge in [-0.05, 0) is 34.0 Å². The van der Waals surface area contributed by atoms with Crippen molar-refractivity contribution in [1.29, 1.82) is 0 Å². The first-order valence-electron chi connectivity index (χ1n) is 3.13. The summed E-state index contributed by atoms with van der Waals surface area (Å²) in [7, 11) is 3.96. The third-order valence-corrected chi connectivity index (χ3v) is 1.32. The maximum atomic E-state index is 3.16. The second-order valence-corrected chi connectivity index (χ2v) is 2.08. The molecule has 0 saturated heterocycles. The summed E-state index contributed by atoms with van der Waals surface area (Å²) in [6, 6.07) is 0.641. The predicted molar refractivity (Wildman–Crippen MR) is 37.1 cm³/mol. The van der Waals surface area contributed by atoms with Gasteiger partial charge in [0.2, 0.25) is 0 Å². The van der Waals surface area contributed by atoms with Crippen LogP contribution in [0.5, 0.6) is 0 Å². The highest BCUT2D eigenvalue weighted by atomic mass is 14.9. The van der Waals surface area contributed by atoms with Crippen molar-refractivity contribution >= 4 is 0 Å². The van der Waals surface area contributed by atoms with E-state index in [9.17, 15) is 0 Å². The summed E-state index contributed by atoms with van der Waals surface area (Å²) in [6.45, 7) is 3.28. The van der Waals surface area contributed by atoms with Gasteiger partial charge in [-0.2, -0.15) is 0 Å². The molecule has 0 saturated carbocycles. The van der Waals surface area contributed by atoms with Gasteiger partial charge in [-0.15, -0.1) is 0 Å². The average molecular weight is 116 g/mol. The molecule has 0 radical (unpaired) electrons. The Morgan fingerprint density at radius 3 is 2.38 bits per heavy atom. The fourth-order valence-corrected chi connectivity index (χ4v) is 0.505. The highest BCUT2D eigenvalue weighted by Gasteiger charge is 1.93. The van der Waals surface area contributed by atoms with Crippen molar-refractivity contribution in [1.82, 2.24) is 10.6 Å². The first-order valence-corrected chi connectivity index (χ1v) is 3.13. The fourth-order valence-electron chi connectivity index (χ4n) is 0.505. The zero-order valence-electron chi connectivity index (χ0n) is 5.99. The van der Waals surface area contributed by atoms with Crippen molar-refractivity contribution in [3.8, 4) is 0 Å². The van der Waals surface area contributed by atoms with E-state index in [1.807, 2.05) is 14.1 Å². The summed E-state index contributed by atoms with van der Waals surface area (Å²) in [5.41, 5.74) is 0. The van der Waals surface area contributed by atoms with E-state index < -0.39 is 0 Å². The Hall–Kier alpha value is -0.0800. The molecule has 0 aromatic heterocycles. The molecule has 0 amide bonds. The van der Waals surface area contributed by atoms with E-state index in [0.717, 1.165) is 6.54 Å². The van der Waals surface area contributed by atoms with E-state index in [4.69, 9.17) is 0 Å². The van der Waals surface area contributed by atoms with Crippen LogP contribution in [0.3, 0.4) is 0 Å². The van der Waals surface area contributed by atoms with Gasteiger partial charge in [0.15, 0.2) is 0 Å². The summed E-state index contributed by atoms with van der Waals surface area (Å²) in [6.07, 6.45) is 1.20. The molecule has 0 bridgehead atoms. The maximum absolute atomic E-state index is 3.16. The van der Waals surface area contributed by atoms with Gasteiger partial charge >= 0.3 is 0 Å². The van der Waals surface area contributed by atoms with Crippen LogP contribution in [0.1, 0.15) is 13.3 Å². The van der Waals surface area contributed by atoms with Crippen molar-refractivity contribution < 1.29 is 0 Å². The Kier molecular flexibility index (Phi) is 5.01. The highest BCUT2D eigenvalue weighted by molar-refractivity contribution is 4.56. The van der Waals surface area contributed by atoms with Crippen LogP contribution in [0.15, 0.2) is 0 Å². The smallest absolute Gasteiger partial charge is 0.00478 e. The first kappa shape index (κ1) is 7.92. The lowest BCUT2D eigenvalue weighted by Gasteiger charge is -2.07. The summed E-state index contributed by atoms with van der Waals surface area (Å²) < 4.78 is 0.